The molecule has 1 fully saturated rings. The van der Waals surface area contributed by atoms with E-state index in [2.05, 4.69) is 5.10 Å². The van der Waals surface area contributed by atoms with E-state index in [4.69, 9.17) is 17.0 Å². The van der Waals surface area contributed by atoms with Crippen LogP contribution in [0.4, 0.5) is 5.69 Å². The Balaban J connectivity index is 1.44. The number of benzene rings is 3. The van der Waals surface area contributed by atoms with E-state index >= 15 is 0 Å². The van der Waals surface area contributed by atoms with E-state index in [1.807, 2.05) is 54.6 Å². The van der Waals surface area contributed by atoms with Gasteiger partial charge in [-0.1, -0.05) is 54.2 Å². The number of non-ortho nitro benzene ring substituents is 1. The van der Waals surface area contributed by atoms with E-state index < -0.39 is 10.8 Å². The maximum Gasteiger partial charge on any atom is 0.286 e. The molecule has 1 N–H and O–H groups in total. The van der Waals surface area contributed by atoms with Crippen molar-refractivity contribution in [2.75, 3.05) is 0 Å². The Bertz CT molecular complexity index is 1310. The molecule has 4 rings (SSSR count). The zero-order valence-corrected chi connectivity index (χ0v) is 19.2. The summed E-state index contributed by atoms with van der Waals surface area (Å²) in [4.78, 5) is 23.5. The van der Waals surface area contributed by atoms with Crippen LogP contribution in [0.15, 0.2) is 82.8 Å². The van der Waals surface area contributed by atoms with E-state index in [1.165, 1.54) is 12.1 Å². The number of thioether (sulfide) groups is 1. The molecule has 1 aliphatic rings. The molecule has 34 heavy (non-hydrogen) atoms. The third kappa shape index (κ3) is 5.48. The van der Waals surface area contributed by atoms with Crippen molar-refractivity contribution < 1.29 is 19.6 Å². The van der Waals surface area contributed by atoms with Crippen molar-refractivity contribution in [2.24, 2.45) is 5.10 Å². The zero-order chi connectivity index (χ0) is 24.1. The predicted molar refractivity (Wildman–Crippen MR) is 135 cm³/mol. The average molecular weight is 492 g/mol. The van der Waals surface area contributed by atoms with Crippen LogP contribution in [-0.4, -0.2) is 31.5 Å². The van der Waals surface area contributed by atoms with Crippen molar-refractivity contribution in [1.29, 1.82) is 0 Å². The number of nitro benzene ring substituents is 1. The molecule has 1 aliphatic heterocycles. The quantitative estimate of drug-likeness (QED) is 0.161. The van der Waals surface area contributed by atoms with E-state index in [-0.39, 0.29) is 21.3 Å². The second kappa shape index (κ2) is 10.3. The van der Waals surface area contributed by atoms with Gasteiger partial charge in [0.15, 0.2) is 4.32 Å². The third-order valence-electron chi connectivity index (χ3n) is 4.73. The third-order valence-corrected chi connectivity index (χ3v) is 6.02. The molecule has 1 saturated heterocycles. The number of thiocarbonyl (C=S) groups is 1. The highest BCUT2D eigenvalue weighted by atomic mass is 32.2. The van der Waals surface area contributed by atoms with Crippen LogP contribution in [-0.2, 0) is 11.4 Å². The molecule has 3 aromatic rings. The lowest BCUT2D eigenvalue weighted by atomic mass is 10.2. The Kier molecular flexibility index (Phi) is 7.00. The Morgan fingerprint density at radius 3 is 2.56 bits per heavy atom. The van der Waals surface area contributed by atoms with Gasteiger partial charge in [-0.3, -0.25) is 14.9 Å². The molecule has 0 spiro atoms. The van der Waals surface area contributed by atoms with Crippen LogP contribution in [0.2, 0.25) is 0 Å². The monoisotopic (exact) mass is 491 g/mol. The number of aromatic hydroxyl groups is 1. The number of hydrogen-bond donors (Lipinski definition) is 1. The molecule has 8 nitrogen and oxygen atoms in total. The number of ether oxygens (including phenoxy) is 1. The van der Waals surface area contributed by atoms with Crippen LogP contribution >= 0.6 is 24.0 Å². The summed E-state index contributed by atoms with van der Waals surface area (Å²) in [6.45, 7) is 0.455. The Morgan fingerprint density at radius 1 is 1.12 bits per heavy atom. The number of nitro groups is 1. The van der Waals surface area contributed by atoms with E-state index in [9.17, 15) is 20.0 Å². The molecule has 1 amide bonds. The maximum atomic E-state index is 12.8. The summed E-state index contributed by atoms with van der Waals surface area (Å²) in [7, 11) is 0. The summed E-state index contributed by atoms with van der Waals surface area (Å²) >= 11 is 6.34. The Hall–Kier alpha value is -4.02. The minimum Gasteiger partial charge on any atom is -0.507 e. The van der Waals surface area contributed by atoms with Crippen LogP contribution in [0.5, 0.6) is 11.5 Å². The number of carbonyl (C=O) groups excluding carboxylic acids is 1. The predicted octanol–water partition coefficient (Wildman–Crippen LogP) is 5.11. The standard InChI is InChI=1S/C24H17N3O5S2/c28-21-11-8-19(27(30)31)13-18(21)14-25-26-23(29)22(34-24(26)33)12-16-6-9-20(10-7-16)32-15-17-4-2-1-3-5-17/h1-14,28H,15H2/b22-12-,25-14+. The highest BCUT2D eigenvalue weighted by molar-refractivity contribution is 8.26. The number of phenolic OH excluding ortho intramolecular Hbond substituents is 1. The molecule has 0 aliphatic carbocycles. The van der Waals surface area contributed by atoms with Gasteiger partial charge in [-0.05, 0) is 47.6 Å². The molecule has 0 aromatic heterocycles. The largest absolute Gasteiger partial charge is 0.507 e. The summed E-state index contributed by atoms with van der Waals surface area (Å²) in [5.41, 5.74) is 1.74. The minimum atomic E-state index is -0.586. The lowest BCUT2D eigenvalue weighted by Crippen LogP contribution is -2.22. The van der Waals surface area contributed by atoms with Gasteiger partial charge in [-0.15, -0.1) is 0 Å². The lowest BCUT2D eigenvalue weighted by molar-refractivity contribution is -0.384. The smallest absolute Gasteiger partial charge is 0.286 e. The van der Waals surface area contributed by atoms with Gasteiger partial charge >= 0.3 is 0 Å². The number of hydrogen-bond acceptors (Lipinski definition) is 8. The zero-order valence-electron chi connectivity index (χ0n) is 17.5. The fourth-order valence-electron chi connectivity index (χ4n) is 2.99. The van der Waals surface area contributed by atoms with Crippen molar-refractivity contribution in [3.8, 4) is 11.5 Å². The summed E-state index contributed by atoms with van der Waals surface area (Å²) in [6, 6.07) is 20.6. The molecule has 10 heteroatoms. The average Bonchev–Trinajstić information content (AvgIpc) is 3.10. The SMILES string of the molecule is O=C1/C(=C/c2ccc(OCc3ccccc3)cc2)SC(=S)N1/N=C/c1cc([N+](=O)[O-])ccc1O. The summed E-state index contributed by atoms with van der Waals surface area (Å²) in [6.07, 6.45) is 2.86. The topological polar surface area (TPSA) is 105 Å². The fraction of sp³-hybridized carbons (Fsp3) is 0.0417. The van der Waals surface area contributed by atoms with Crippen molar-refractivity contribution in [3.63, 3.8) is 0 Å². The summed E-state index contributed by atoms with van der Waals surface area (Å²) in [5.74, 6) is 0.0698. The van der Waals surface area contributed by atoms with Gasteiger partial charge in [-0.2, -0.15) is 10.1 Å². The van der Waals surface area contributed by atoms with Crippen molar-refractivity contribution >= 4 is 52.2 Å². The second-order valence-electron chi connectivity index (χ2n) is 7.08. The second-order valence-corrected chi connectivity index (χ2v) is 8.76. The highest BCUT2D eigenvalue weighted by Crippen LogP contribution is 2.33. The molecular formula is C24H17N3O5S2. The fourth-order valence-corrected chi connectivity index (χ4v) is 4.16. The molecule has 0 radical (unpaired) electrons. The molecule has 3 aromatic carbocycles. The molecular weight excluding hydrogens is 474 g/mol. The maximum absolute atomic E-state index is 12.8. The highest BCUT2D eigenvalue weighted by Gasteiger charge is 2.32. The van der Waals surface area contributed by atoms with E-state index in [0.717, 1.165) is 40.2 Å². The van der Waals surface area contributed by atoms with Crippen molar-refractivity contribution in [2.45, 2.75) is 6.61 Å². The first-order valence-corrected chi connectivity index (χ1v) is 11.2. The van der Waals surface area contributed by atoms with Crippen LogP contribution in [0.25, 0.3) is 6.08 Å². The van der Waals surface area contributed by atoms with Gasteiger partial charge in [0.25, 0.3) is 11.6 Å². The molecule has 1 heterocycles. The van der Waals surface area contributed by atoms with Gasteiger partial charge < -0.3 is 9.84 Å². The first kappa shape index (κ1) is 23.1. The van der Waals surface area contributed by atoms with Crippen molar-refractivity contribution in [1.82, 2.24) is 5.01 Å². The first-order valence-electron chi connectivity index (χ1n) is 9.97. The number of phenols is 1. The summed E-state index contributed by atoms with van der Waals surface area (Å²) in [5, 5.41) is 25.9. The van der Waals surface area contributed by atoms with Gasteiger partial charge in [0, 0.05) is 17.7 Å². The number of rotatable bonds is 7. The van der Waals surface area contributed by atoms with Crippen molar-refractivity contribution in [3.05, 3.63) is 105 Å². The number of carbonyl (C=O) groups is 1. The van der Waals surface area contributed by atoms with Gasteiger partial charge in [0.1, 0.15) is 18.1 Å². The molecule has 170 valence electrons. The van der Waals surface area contributed by atoms with Gasteiger partial charge in [0.05, 0.1) is 16.0 Å². The van der Waals surface area contributed by atoms with E-state index in [1.54, 1.807) is 6.08 Å². The Morgan fingerprint density at radius 2 is 1.85 bits per heavy atom. The minimum absolute atomic E-state index is 0.0957. The number of amides is 1. The summed E-state index contributed by atoms with van der Waals surface area (Å²) < 4.78 is 5.98. The van der Waals surface area contributed by atoms with Gasteiger partial charge in [-0.25, -0.2) is 0 Å². The van der Waals surface area contributed by atoms with Crippen LogP contribution < -0.4 is 4.74 Å². The normalized spacial score (nSPS) is 14.8. The molecule has 0 atom stereocenters. The molecule has 0 saturated carbocycles. The van der Waals surface area contributed by atoms with Gasteiger partial charge in [0.2, 0.25) is 0 Å². The Labute approximate surface area is 204 Å². The number of hydrazone groups is 1. The molecule has 0 unspecified atom stereocenters. The van der Waals surface area contributed by atoms with E-state index in [0.29, 0.717) is 17.3 Å². The number of nitrogens with zero attached hydrogens (tertiary/aromatic N) is 3. The lowest BCUT2D eigenvalue weighted by Gasteiger charge is -2.07. The van der Waals surface area contributed by atoms with Crippen LogP contribution in [0.3, 0.4) is 0 Å². The van der Waals surface area contributed by atoms with Crippen LogP contribution in [0, 0.1) is 10.1 Å². The van der Waals surface area contributed by atoms with Crippen LogP contribution in [0.1, 0.15) is 16.7 Å². The first-order chi connectivity index (χ1) is 16.4. The molecule has 0 bridgehead atoms.